The van der Waals surface area contributed by atoms with Crippen LogP contribution in [0.15, 0.2) is 92.0 Å². The molecule has 0 atom stereocenters. The molecule has 3 rings (SSSR count). The van der Waals surface area contributed by atoms with Gasteiger partial charge in [-0.25, -0.2) is 9.98 Å². The molecule has 208 valence electrons. The van der Waals surface area contributed by atoms with Gasteiger partial charge in [-0.2, -0.15) is 5.10 Å². The van der Waals surface area contributed by atoms with Gasteiger partial charge in [0.15, 0.2) is 5.17 Å². The second kappa shape index (κ2) is 15.2. The molecule has 0 aliphatic heterocycles. The topological polar surface area (TPSA) is 98.3 Å². The van der Waals surface area contributed by atoms with Crippen LogP contribution in [0.3, 0.4) is 0 Å². The highest BCUT2D eigenvalue weighted by Gasteiger charge is 2.30. The number of hydrogen-bond acceptors (Lipinski definition) is 5. The van der Waals surface area contributed by atoms with Gasteiger partial charge in [-0.05, 0) is 71.0 Å². The van der Waals surface area contributed by atoms with Gasteiger partial charge in [0.25, 0.3) is 0 Å². The van der Waals surface area contributed by atoms with E-state index in [9.17, 15) is 13.2 Å². The van der Waals surface area contributed by atoms with Crippen molar-refractivity contribution in [2.75, 3.05) is 5.75 Å². The van der Waals surface area contributed by atoms with Crippen LogP contribution in [0.1, 0.15) is 22.3 Å². The van der Waals surface area contributed by atoms with E-state index in [0.717, 1.165) is 33.7 Å². The predicted molar refractivity (Wildman–Crippen MR) is 166 cm³/mol. The van der Waals surface area contributed by atoms with Crippen molar-refractivity contribution in [3.05, 3.63) is 99.1 Å². The van der Waals surface area contributed by atoms with Gasteiger partial charge >= 0.3 is 6.36 Å². The van der Waals surface area contributed by atoms with E-state index >= 15 is 0 Å². The fourth-order valence-electron chi connectivity index (χ4n) is 3.24. The Kier molecular flexibility index (Phi) is 11.8. The molecule has 0 aliphatic carbocycles. The number of rotatable bonds is 9. The Balaban J connectivity index is 1.62. The number of hydrogen-bond donors (Lipinski definition) is 3. The molecule has 12 heteroatoms. The SMILES string of the molecule is Cc1cccc(C)c1N=C(N/N=C/c1ccc(C(N)=[NH+]C=Nc2ccc(OC(F)(F)F)cc2)cc1)SC/C=C/I. The van der Waals surface area contributed by atoms with Crippen LogP contribution >= 0.6 is 34.4 Å². The van der Waals surface area contributed by atoms with Crippen molar-refractivity contribution in [2.24, 2.45) is 20.8 Å². The maximum Gasteiger partial charge on any atom is 0.573 e. The van der Waals surface area contributed by atoms with Gasteiger partial charge in [0.05, 0.1) is 11.9 Å². The lowest BCUT2D eigenvalue weighted by atomic mass is 10.1. The predicted octanol–water partition coefficient (Wildman–Crippen LogP) is 5.64. The zero-order chi connectivity index (χ0) is 29.0. The maximum atomic E-state index is 12.3. The normalized spacial score (nSPS) is 13.1. The Hall–Kier alpha value is -3.65. The third-order valence-electron chi connectivity index (χ3n) is 5.16. The molecule has 0 saturated carbocycles. The van der Waals surface area contributed by atoms with E-state index in [1.165, 1.54) is 30.6 Å². The van der Waals surface area contributed by atoms with E-state index in [4.69, 9.17) is 10.7 Å². The Morgan fingerprint density at radius 2 is 1.73 bits per heavy atom. The molecule has 3 aromatic rings. The molecule has 7 nitrogen and oxygen atoms in total. The van der Waals surface area contributed by atoms with Crippen molar-refractivity contribution in [1.82, 2.24) is 5.43 Å². The van der Waals surface area contributed by atoms with Crippen molar-refractivity contribution < 1.29 is 22.9 Å². The molecule has 0 aliphatic rings. The summed E-state index contributed by atoms with van der Waals surface area (Å²) in [6, 6.07) is 18.6. The van der Waals surface area contributed by atoms with E-state index in [1.807, 2.05) is 66.5 Å². The highest BCUT2D eigenvalue weighted by molar-refractivity contribution is 14.1. The summed E-state index contributed by atoms with van der Waals surface area (Å²) in [6.07, 6.45) is 0.348. The maximum absolute atomic E-state index is 12.3. The number of aryl methyl sites for hydroxylation is 2. The van der Waals surface area contributed by atoms with Crippen LogP contribution in [0.5, 0.6) is 5.75 Å². The first kappa shape index (κ1) is 30.9. The average molecular weight is 680 g/mol. The number of hydrazone groups is 1. The van der Waals surface area contributed by atoms with Crippen LogP contribution in [-0.4, -0.2) is 35.7 Å². The summed E-state index contributed by atoms with van der Waals surface area (Å²) in [6.45, 7) is 4.06. The van der Waals surface area contributed by atoms with Gasteiger partial charge in [-0.15, -0.1) is 18.2 Å². The summed E-state index contributed by atoms with van der Waals surface area (Å²) in [5, 5.41) is 5.04. The number of nitrogens with one attached hydrogen (secondary N) is 2. The lowest BCUT2D eigenvalue weighted by molar-refractivity contribution is -0.303. The molecule has 0 amide bonds. The lowest BCUT2D eigenvalue weighted by Gasteiger charge is -2.08. The fourth-order valence-corrected chi connectivity index (χ4v) is 4.46. The second-order valence-corrected chi connectivity index (χ2v) is 9.91. The molecule has 0 spiro atoms. The van der Waals surface area contributed by atoms with E-state index in [0.29, 0.717) is 16.7 Å². The largest absolute Gasteiger partial charge is 0.573 e. The molecule has 0 saturated heterocycles. The molecule has 0 bridgehead atoms. The van der Waals surface area contributed by atoms with Crippen LogP contribution in [0.25, 0.3) is 0 Å². The molecule has 0 fully saturated rings. The highest BCUT2D eigenvalue weighted by Crippen LogP contribution is 2.25. The molecule has 3 aromatic carbocycles. The first-order valence-corrected chi connectivity index (χ1v) is 14.1. The number of benzene rings is 3. The van der Waals surface area contributed by atoms with Crippen LogP contribution in [0.4, 0.5) is 24.5 Å². The Labute approximate surface area is 248 Å². The molecule has 0 heterocycles. The summed E-state index contributed by atoms with van der Waals surface area (Å²) in [4.78, 5) is 11.8. The average Bonchev–Trinajstić information content (AvgIpc) is 2.91. The van der Waals surface area contributed by atoms with Gasteiger partial charge in [0.2, 0.25) is 12.2 Å². The third-order valence-corrected chi connectivity index (χ3v) is 6.48. The lowest BCUT2D eigenvalue weighted by Crippen LogP contribution is -2.74. The van der Waals surface area contributed by atoms with Crippen molar-refractivity contribution >= 4 is 69.3 Å². The molecular formula is C28H27F3IN6OS+. The van der Waals surface area contributed by atoms with E-state index in [1.54, 1.807) is 18.0 Å². The summed E-state index contributed by atoms with van der Waals surface area (Å²) < 4.78 is 42.6. The molecule has 4 N–H and O–H groups in total. The third kappa shape index (κ3) is 10.5. The highest BCUT2D eigenvalue weighted by atomic mass is 127. The molecule has 0 radical (unpaired) electrons. The first-order valence-electron chi connectivity index (χ1n) is 11.8. The monoisotopic (exact) mass is 679 g/mol. The fraction of sp³-hybridized carbons (Fsp3) is 0.143. The van der Waals surface area contributed by atoms with Gasteiger partial charge < -0.3 is 10.5 Å². The minimum atomic E-state index is -4.74. The van der Waals surface area contributed by atoms with Crippen LogP contribution in [0, 0.1) is 13.8 Å². The Bertz CT molecular complexity index is 1400. The number of para-hydroxylation sites is 1. The molecule has 0 unspecified atom stereocenters. The van der Waals surface area contributed by atoms with Crippen molar-refractivity contribution in [3.63, 3.8) is 0 Å². The number of halogens is 4. The number of amidine groups is 2. The quantitative estimate of drug-likeness (QED) is 0.118. The number of thioether (sulfide) groups is 1. The molecule has 0 aromatic heterocycles. The second-order valence-electron chi connectivity index (χ2n) is 8.18. The van der Waals surface area contributed by atoms with Gasteiger partial charge in [-0.3, -0.25) is 5.43 Å². The smallest absolute Gasteiger partial charge is 0.406 e. The van der Waals surface area contributed by atoms with Crippen molar-refractivity contribution in [3.8, 4) is 5.75 Å². The first-order chi connectivity index (χ1) is 19.1. The minimum Gasteiger partial charge on any atom is -0.406 e. The summed E-state index contributed by atoms with van der Waals surface area (Å²) in [5.74, 6) is 0.791. The number of nitrogens with zero attached hydrogens (tertiary/aromatic N) is 3. The zero-order valence-corrected chi connectivity index (χ0v) is 24.6. The molecule has 40 heavy (non-hydrogen) atoms. The Morgan fingerprint density at radius 1 is 1.05 bits per heavy atom. The van der Waals surface area contributed by atoms with Crippen molar-refractivity contribution in [1.29, 1.82) is 0 Å². The summed E-state index contributed by atoms with van der Waals surface area (Å²) in [5.41, 5.74) is 14.2. The van der Waals surface area contributed by atoms with Gasteiger partial charge in [0.1, 0.15) is 11.4 Å². The Morgan fingerprint density at radius 3 is 2.35 bits per heavy atom. The van der Waals surface area contributed by atoms with E-state index in [-0.39, 0.29) is 5.75 Å². The van der Waals surface area contributed by atoms with Crippen LogP contribution in [0.2, 0.25) is 0 Å². The minimum absolute atomic E-state index is 0.318. The van der Waals surface area contributed by atoms with E-state index < -0.39 is 6.36 Å². The zero-order valence-electron chi connectivity index (χ0n) is 21.6. The van der Waals surface area contributed by atoms with Gasteiger partial charge in [0, 0.05) is 11.3 Å². The summed E-state index contributed by atoms with van der Waals surface area (Å²) in [7, 11) is 0. The number of aliphatic imine (C=N–C) groups is 2. The molecular weight excluding hydrogens is 652 g/mol. The number of ether oxygens (including phenoxy) is 1. The number of alkyl halides is 3. The van der Waals surface area contributed by atoms with Gasteiger partial charge in [-0.1, -0.05) is 70.8 Å². The van der Waals surface area contributed by atoms with Crippen LogP contribution < -0.4 is 20.9 Å². The summed E-state index contributed by atoms with van der Waals surface area (Å²) >= 11 is 3.73. The number of nitrogen functional groups attached to an aromatic ring is 1. The van der Waals surface area contributed by atoms with E-state index in [2.05, 4.69) is 47.8 Å². The standard InChI is InChI=1S/C28H26F3IN6OS/c1-19-5-3-6-20(2)25(19)37-27(40-16-4-15-32)38-36-17-21-7-9-22(10-8-21)26(33)35-18-34-23-11-13-24(14-12-23)39-28(29,30)31/h3-15,17-18H,16H2,1-2H3,(H,37,38)(H2,33,34,35)/p+1/b15-4+,36-17+. The van der Waals surface area contributed by atoms with Crippen LogP contribution in [-0.2, 0) is 0 Å². The van der Waals surface area contributed by atoms with Crippen molar-refractivity contribution in [2.45, 2.75) is 20.2 Å². The number of nitrogens with two attached hydrogens (primary N) is 1.